The molecule has 1 unspecified atom stereocenters. The molecule has 1 rings (SSSR count). The van der Waals surface area contributed by atoms with Crippen LogP contribution in [0.2, 0.25) is 0 Å². The Kier molecular flexibility index (Phi) is 13.3. The molecule has 0 saturated carbocycles. The number of rotatable bonds is 17. The molecule has 0 spiro atoms. The Balaban J connectivity index is 2.87. The van der Waals surface area contributed by atoms with Gasteiger partial charge in [-0.25, -0.2) is 8.78 Å². The molecule has 0 aliphatic carbocycles. The summed E-state index contributed by atoms with van der Waals surface area (Å²) in [6.07, 6.45) is 9.50. The van der Waals surface area contributed by atoms with E-state index in [9.17, 15) is 8.78 Å². The second kappa shape index (κ2) is 14.9. The van der Waals surface area contributed by atoms with Gasteiger partial charge in [-0.2, -0.15) is 0 Å². The van der Waals surface area contributed by atoms with Crippen LogP contribution in [0.4, 0.5) is 8.78 Å². The van der Waals surface area contributed by atoms with Gasteiger partial charge in [0, 0.05) is 25.7 Å². The van der Waals surface area contributed by atoms with Crippen LogP contribution in [-0.2, 0) is 20.6 Å². The number of benzene rings is 1. The Hall–Kier alpha value is -1.04. The van der Waals surface area contributed by atoms with E-state index in [1.54, 1.807) is 6.07 Å². The first kappa shape index (κ1) is 26.0. The van der Waals surface area contributed by atoms with E-state index in [0.29, 0.717) is 26.2 Å². The van der Waals surface area contributed by atoms with Crippen molar-refractivity contribution in [1.29, 1.82) is 0 Å². The van der Waals surface area contributed by atoms with E-state index in [1.807, 2.05) is 20.8 Å². The zero-order valence-electron chi connectivity index (χ0n) is 18.8. The van der Waals surface area contributed by atoms with Crippen molar-refractivity contribution in [2.45, 2.75) is 91.5 Å². The maximum atomic E-state index is 13.6. The first-order valence-electron chi connectivity index (χ1n) is 11.4. The standard InChI is InChI=1S/C24H40F2O3/c1-5-9-10-11-12-13-14-21(24(27-6-2,28-7-3)29-8-4)17-15-20-16-18-22(25)23(26)19-20/h16,18-19,21H,5-15,17H2,1-4H3. The van der Waals surface area contributed by atoms with Crippen LogP contribution in [0.15, 0.2) is 18.2 Å². The van der Waals surface area contributed by atoms with E-state index in [4.69, 9.17) is 14.2 Å². The van der Waals surface area contributed by atoms with Crippen molar-refractivity contribution in [3.63, 3.8) is 0 Å². The molecule has 1 atom stereocenters. The molecule has 29 heavy (non-hydrogen) atoms. The predicted molar refractivity (Wildman–Crippen MR) is 114 cm³/mol. The van der Waals surface area contributed by atoms with Crippen molar-refractivity contribution in [3.8, 4) is 0 Å². The lowest BCUT2D eigenvalue weighted by Crippen LogP contribution is -2.47. The van der Waals surface area contributed by atoms with Crippen LogP contribution in [0.25, 0.3) is 0 Å². The lowest BCUT2D eigenvalue weighted by atomic mass is 9.91. The third kappa shape index (κ3) is 9.10. The van der Waals surface area contributed by atoms with Gasteiger partial charge in [0.05, 0.1) is 0 Å². The highest BCUT2D eigenvalue weighted by molar-refractivity contribution is 5.17. The fraction of sp³-hybridized carbons (Fsp3) is 0.750. The monoisotopic (exact) mass is 414 g/mol. The van der Waals surface area contributed by atoms with Crippen molar-refractivity contribution in [2.75, 3.05) is 19.8 Å². The van der Waals surface area contributed by atoms with E-state index in [2.05, 4.69) is 6.92 Å². The average molecular weight is 415 g/mol. The van der Waals surface area contributed by atoms with Gasteiger partial charge >= 0.3 is 0 Å². The molecule has 0 aromatic heterocycles. The van der Waals surface area contributed by atoms with Crippen LogP contribution in [0, 0.1) is 17.6 Å². The molecule has 0 heterocycles. The van der Waals surface area contributed by atoms with Crippen molar-refractivity contribution in [2.24, 2.45) is 5.92 Å². The molecule has 0 aliphatic heterocycles. The Labute approximate surface area is 176 Å². The maximum absolute atomic E-state index is 13.6. The number of hydrogen-bond donors (Lipinski definition) is 0. The molecule has 3 nitrogen and oxygen atoms in total. The summed E-state index contributed by atoms with van der Waals surface area (Å²) in [5.41, 5.74) is 0.773. The van der Waals surface area contributed by atoms with Gasteiger partial charge in [0.2, 0.25) is 0 Å². The largest absolute Gasteiger partial charge is 0.328 e. The number of aryl methyl sites for hydroxylation is 1. The van der Waals surface area contributed by atoms with E-state index in [1.165, 1.54) is 44.2 Å². The number of hydrogen-bond acceptors (Lipinski definition) is 3. The molecule has 0 N–H and O–H groups in total. The molecule has 0 radical (unpaired) electrons. The number of ether oxygens (including phenoxy) is 3. The zero-order valence-corrected chi connectivity index (χ0v) is 18.8. The van der Waals surface area contributed by atoms with Crippen molar-refractivity contribution >= 4 is 0 Å². The van der Waals surface area contributed by atoms with Crippen LogP contribution in [0.3, 0.4) is 0 Å². The summed E-state index contributed by atoms with van der Waals surface area (Å²) in [4.78, 5) is 0. The molecule has 0 saturated heterocycles. The van der Waals surface area contributed by atoms with Gasteiger partial charge in [0.25, 0.3) is 5.97 Å². The molecule has 0 bridgehead atoms. The lowest BCUT2D eigenvalue weighted by Gasteiger charge is -2.39. The van der Waals surface area contributed by atoms with E-state index in [0.717, 1.165) is 24.8 Å². The minimum absolute atomic E-state index is 0.0154. The summed E-state index contributed by atoms with van der Waals surface area (Å²) in [6.45, 7) is 9.47. The van der Waals surface area contributed by atoms with Gasteiger partial charge in [-0.15, -0.1) is 0 Å². The van der Waals surface area contributed by atoms with Crippen molar-refractivity contribution in [1.82, 2.24) is 0 Å². The summed E-state index contributed by atoms with van der Waals surface area (Å²) in [5, 5.41) is 0. The summed E-state index contributed by atoms with van der Waals surface area (Å²) >= 11 is 0. The molecular weight excluding hydrogens is 374 g/mol. The van der Waals surface area contributed by atoms with Gasteiger partial charge in [-0.05, 0) is 57.7 Å². The fourth-order valence-electron chi connectivity index (χ4n) is 3.79. The Bertz CT molecular complexity index is 534. The topological polar surface area (TPSA) is 27.7 Å². The van der Waals surface area contributed by atoms with Gasteiger partial charge in [-0.1, -0.05) is 51.5 Å². The Morgan fingerprint density at radius 2 is 1.34 bits per heavy atom. The summed E-state index contributed by atoms with van der Waals surface area (Å²) < 4.78 is 44.9. The molecule has 5 heteroatoms. The smallest absolute Gasteiger partial charge is 0.285 e. The highest BCUT2D eigenvalue weighted by Crippen LogP contribution is 2.34. The second-order valence-corrected chi connectivity index (χ2v) is 7.44. The third-order valence-corrected chi connectivity index (χ3v) is 5.21. The summed E-state index contributed by atoms with van der Waals surface area (Å²) in [5.74, 6) is -2.69. The minimum Gasteiger partial charge on any atom is -0.328 e. The molecule has 0 aliphatic rings. The summed E-state index contributed by atoms with van der Waals surface area (Å²) in [6, 6.07) is 4.11. The first-order chi connectivity index (χ1) is 14.0. The third-order valence-electron chi connectivity index (χ3n) is 5.21. The molecule has 1 aromatic rings. The Morgan fingerprint density at radius 3 is 1.90 bits per heavy atom. The van der Waals surface area contributed by atoms with Crippen LogP contribution in [-0.4, -0.2) is 25.8 Å². The molecule has 0 fully saturated rings. The van der Waals surface area contributed by atoms with Crippen LogP contribution in [0.1, 0.15) is 84.6 Å². The normalized spacial score (nSPS) is 13.0. The highest BCUT2D eigenvalue weighted by atomic mass is 19.2. The SMILES string of the molecule is CCCCCCCCC(CCc1ccc(F)c(F)c1)C(OCC)(OCC)OCC. The quantitative estimate of drug-likeness (QED) is 0.202. The van der Waals surface area contributed by atoms with Crippen LogP contribution >= 0.6 is 0 Å². The molecular formula is C24H40F2O3. The lowest BCUT2D eigenvalue weighted by molar-refractivity contribution is -0.403. The van der Waals surface area contributed by atoms with Gasteiger partial charge in [-0.3, -0.25) is 0 Å². The first-order valence-corrected chi connectivity index (χ1v) is 11.4. The maximum Gasteiger partial charge on any atom is 0.285 e. The zero-order chi connectivity index (χ0) is 21.5. The average Bonchev–Trinajstić information content (AvgIpc) is 2.70. The highest BCUT2D eigenvalue weighted by Gasteiger charge is 2.41. The van der Waals surface area contributed by atoms with E-state index in [-0.39, 0.29) is 5.92 Å². The van der Waals surface area contributed by atoms with E-state index < -0.39 is 17.6 Å². The van der Waals surface area contributed by atoms with Crippen LogP contribution < -0.4 is 0 Å². The predicted octanol–water partition coefficient (Wildman–Crippen LogP) is 7.03. The van der Waals surface area contributed by atoms with Gasteiger partial charge in [0.15, 0.2) is 11.6 Å². The van der Waals surface area contributed by atoms with Crippen molar-refractivity contribution in [3.05, 3.63) is 35.4 Å². The Morgan fingerprint density at radius 1 is 0.759 bits per heavy atom. The van der Waals surface area contributed by atoms with E-state index >= 15 is 0 Å². The van der Waals surface area contributed by atoms with Gasteiger partial charge < -0.3 is 14.2 Å². The number of halogens is 2. The van der Waals surface area contributed by atoms with Crippen LogP contribution in [0.5, 0.6) is 0 Å². The molecule has 1 aromatic carbocycles. The summed E-state index contributed by atoms with van der Waals surface area (Å²) in [7, 11) is 0. The molecule has 168 valence electrons. The fourth-order valence-corrected chi connectivity index (χ4v) is 3.79. The minimum atomic E-state index is -1.08. The van der Waals surface area contributed by atoms with Gasteiger partial charge in [0.1, 0.15) is 0 Å². The van der Waals surface area contributed by atoms with Crippen molar-refractivity contribution < 1.29 is 23.0 Å². The molecule has 0 amide bonds. The number of unbranched alkanes of at least 4 members (excludes halogenated alkanes) is 5. The second-order valence-electron chi connectivity index (χ2n) is 7.44.